The van der Waals surface area contributed by atoms with Gasteiger partial charge in [0.2, 0.25) is 0 Å². The highest BCUT2D eigenvalue weighted by molar-refractivity contribution is 9.10. The number of fused-ring (bicyclic) bond motifs is 1. The number of nitrogens with zero attached hydrogens (tertiary/aromatic N) is 1. The zero-order valence-corrected chi connectivity index (χ0v) is 15.7. The van der Waals surface area contributed by atoms with Crippen LogP contribution in [0.5, 0.6) is 5.75 Å². The van der Waals surface area contributed by atoms with Gasteiger partial charge in [0, 0.05) is 4.47 Å². The van der Waals surface area contributed by atoms with Gasteiger partial charge in [0.1, 0.15) is 5.75 Å². The van der Waals surface area contributed by atoms with E-state index in [2.05, 4.69) is 38.8 Å². The van der Waals surface area contributed by atoms with E-state index in [-0.39, 0.29) is 0 Å². The molecule has 0 aliphatic heterocycles. The average molecular weight is 414 g/mol. The molecule has 0 fully saturated rings. The van der Waals surface area contributed by atoms with Gasteiger partial charge in [-0.25, -0.2) is 0 Å². The van der Waals surface area contributed by atoms with Gasteiger partial charge < -0.3 is 14.0 Å². The number of hydrogen-bond donors (Lipinski definition) is 1. The van der Waals surface area contributed by atoms with Crippen molar-refractivity contribution >= 4 is 56.3 Å². The molecule has 0 bridgehead atoms. The summed E-state index contributed by atoms with van der Waals surface area (Å²) in [5.74, 6) is 1.45. The van der Waals surface area contributed by atoms with E-state index in [1.165, 1.54) is 11.9 Å². The van der Waals surface area contributed by atoms with Crippen molar-refractivity contribution in [2.24, 2.45) is 0 Å². The van der Waals surface area contributed by atoms with E-state index in [4.69, 9.17) is 20.9 Å². The van der Waals surface area contributed by atoms with Crippen molar-refractivity contribution < 1.29 is 9.26 Å². The number of hydrogen-bond acceptors (Lipinski definition) is 5. The van der Waals surface area contributed by atoms with Gasteiger partial charge in [0.25, 0.3) is 0 Å². The van der Waals surface area contributed by atoms with E-state index in [0.717, 1.165) is 32.5 Å². The van der Waals surface area contributed by atoms with Gasteiger partial charge in [-0.1, -0.05) is 45.7 Å². The van der Waals surface area contributed by atoms with Crippen LogP contribution in [-0.2, 0) is 6.42 Å². The zero-order chi connectivity index (χ0) is 16.4. The summed E-state index contributed by atoms with van der Waals surface area (Å²) >= 11 is 11.2. The summed E-state index contributed by atoms with van der Waals surface area (Å²) in [5, 5.41) is 5.42. The number of rotatable bonds is 5. The second-order valence-corrected chi connectivity index (χ2v) is 6.97. The van der Waals surface area contributed by atoms with Crippen molar-refractivity contribution in [3.8, 4) is 5.75 Å². The standard InChI is InChI=1S/C16H14BrClN2O2S/c1-3-9-7-10(17)8-13(15(9)21-2)23-20-16-14-11(18)5-4-6-12(14)22-19-16/h4-8H,3H2,1-2H3,(H,19,20). The Bertz CT molecular complexity index is 853. The number of halogens is 2. The van der Waals surface area contributed by atoms with Gasteiger partial charge in [-0.05, 0) is 48.2 Å². The third-order valence-electron chi connectivity index (χ3n) is 3.39. The first-order chi connectivity index (χ1) is 11.1. The summed E-state index contributed by atoms with van der Waals surface area (Å²) < 4.78 is 15.1. The Kier molecular flexibility index (Phi) is 5.04. The third-order valence-corrected chi connectivity index (χ3v) is 4.98. The van der Waals surface area contributed by atoms with Crippen molar-refractivity contribution in [1.82, 2.24) is 5.16 Å². The fraction of sp³-hybridized carbons (Fsp3) is 0.188. The summed E-state index contributed by atoms with van der Waals surface area (Å²) in [7, 11) is 1.68. The molecule has 0 spiro atoms. The fourth-order valence-corrected chi connectivity index (χ4v) is 4.07. The van der Waals surface area contributed by atoms with E-state index in [1.807, 2.05) is 24.3 Å². The van der Waals surface area contributed by atoms with E-state index >= 15 is 0 Å². The Morgan fingerprint density at radius 1 is 1.39 bits per heavy atom. The third kappa shape index (κ3) is 3.29. The van der Waals surface area contributed by atoms with Crippen LogP contribution >= 0.6 is 39.5 Å². The summed E-state index contributed by atoms with van der Waals surface area (Å²) in [6, 6.07) is 9.53. The van der Waals surface area contributed by atoms with Gasteiger partial charge >= 0.3 is 0 Å². The van der Waals surface area contributed by atoms with Crippen LogP contribution in [-0.4, -0.2) is 12.3 Å². The van der Waals surface area contributed by atoms with Crippen molar-refractivity contribution in [3.63, 3.8) is 0 Å². The molecule has 2 aromatic carbocycles. The van der Waals surface area contributed by atoms with E-state index in [0.29, 0.717) is 16.4 Å². The van der Waals surface area contributed by atoms with Gasteiger partial charge in [-0.15, -0.1) is 0 Å². The Morgan fingerprint density at radius 3 is 2.96 bits per heavy atom. The molecule has 7 heteroatoms. The smallest absolute Gasteiger partial charge is 0.189 e. The largest absolute Gasteiger partial charge is 0.495 e. The van der Waals surface area contributed by atoms with Crippen molar-refractivity contribution in [1.29, 1.82) is 0 Å². The molecule has 3 rings (SSSR count). The SMILES string of the molecule is CCc1cc(Br)cc(SNc2noc3cccc(Cl)c23)c1OC. The normalized spacial score (nSPS) is 11.0. The number of aryl methyl sites for hydroxylation is 1. The molecule has 1 N–H and O–H groups in total. The number of ether oxygens (including phenoxy) is 1. The van der Waals surface area contributed by atoms with Gasteiger partial charge in [0.05, 0.1) is 22.4 Å². The monoisotopic (exact) mass is 412 g/mol. The molecule has 0 amide bonds. The lowest BCUT2D eigenvalue weighted by Crippen LogP contribution is -1.96. The summed E-state index contributed by atoms with van der Waals surface area (Å²) in [6.45, 7) is 2.09. The Balaban J connectivity index is 1.92. The maximum absolute atomic E-state index is 6.24. The Labute approximate surface area is 151 Å². The molecular weight excluding hydrogens is 400 g/mol. The molecule has 0 aliphatic carbocycles. The molecule has 1 aromatic heterocycles. The fourth-order valence-electron chi connectivity index (χ4n) is 2.32. The predicted molar refractivity (Wildman–Crippen MR) is 98.6 cm³/mol. The molecule has 0 saturated carbocycles. The van der Waals surface area contributed by atoms with E-state index < -0.39 is 0 Å². The molecule has 4 nitrogen and oxygen atoms in total. The molecule has 23 heavy (non-hydrogen) atoms. The Morgan fingerprint density at radius 2 is 2.22 bits per heavy atom. The number of methoxy groups -OCH3 is 1. The first kappa shape index (κ1) is 16.5. The highest BCUT2D eigenvalue weighted by Gasteiger charge is 2.15. The second-order valence-electron chi connectivity index (χ2n) is 4.80. The van der Waals surface area contributed by atoms with Crippen LogP contribution in [0.15, 0.2) is 44.2 Å². The molecule has 120 valence electrons. The first-order valence-electron chi connectivity index (χ1n) is 6.97. The summed E-state index contributed by atoms with van der Waals surface area (Å²) in [5.41, 5.74) is 1.78. The van der Waals surface area contributed by atoms with Crippen LogP contribution < -0.4 is 9.46 Å². The minimum absolute atomic E-state index is 0.593. The number of aromatic nitrogens is 1. The quantitative estimate of drug-likeness (QED) is 0.525. The lowest BCUT2D eigenvalue weighted by molar-refractivity contribution is 0.400. The second kappa shape index (κ2) is 7.03. The summed E-state index contributed by atoms with van der Waals surface area (Å²) in [6.07, 6.45) is 0.884. The van der Waals surface area contributed by atoms with E-state index in [1.54, 1.807) is 7.11 Å². The topological polar surface area (TPSA) is 47.3 Å². The number of anilines is 1. The maximum atomic E-state index is 6.24. The van der Waals surface area contributed by atoms with Crippen LogP contribution in [0, 0.1) is 0 Å². The minimum atomic E-state index is 0.593. The lowest BCUT2D eigenvalue weighted by atomic mass is 10.1. The molecule has 0 unspecified atom stereocenters. The zero-order valence-electron chi connectivity index (χ0n) is 12.5. The van der Waals surface area contributed by atoms with Crippen molar-refractivity contribution in [3.05, 3.63) is 45.4 Å². The van der Waals surface area contributed by atoms with Crippen LogP contribution in [0.2, 0.25) is 5.02 Å². The van der Waals surface area contributed by atoms with Crippen molar-refractivity contribution in [2.75, 3.05) is 11.8 Å². The van der Waals surface area contributed by atoms with Crippen LogP contribution in [0.3, 0.4) is 0 Å². The molecule has 0 atom stereocenters. The summed E-state index contributed by atoms with van der Waals surface area (Å²) in [4.78, 5) is 0.960. The first-order valence-corrected chi connectivity index (χ1v) is 8.96. The predicted octanol–water partition coefficient (Wildman–Crippen LogP) is 5.93. The van der Waals surface area contributed by atoms with Crippen LogP contribution in [0.25, 0.3) is 11.0 Å². The highest BCUT2D eigenvalue weighted by atomic mass is 79.9. The molecule has 1 heterocycles. The molecule has 3 aromatic rings. The maximum Gasteiger partial charge on any atom is 0.189 e. The number of benzene rings is 2. The molecular formula is C16H14BrClN2O2S. The molecule has 0 aliphatic rings. The van der Waals surface area contributed by atoms with Gasteiger partial charge in [-0.3, -0.25) is 0 Å². The highest BCUT2D eigenvalue weighted by Crippen LogP contribution is 2.38. The lowest BCUT2D eigenvalue weighted by Gasteiger charge is -2.13. The van der Waals surface area contributed by atoms with Crippen LogP contribution in [0.1, 0.15) is 12.5 Å². The number of nitrogens with one attached hydrogen (secondary N) is 1. The van der Waals surface area contributed by atoms with E-state index in [9.17, 15) is 0 Å². The van der Waals surface area contributed by atoms with Gasteiger partial charge in [0.15, 0.2) is 11.4 Å². The molecule has 0 saturated heterocycles. The minimum Gasteiger partial charge on any atom is -0.495 e. The molecule has 0 radical (unpaired) electrons. The van der Waals surface area contributed by atoms with Crippen molar-refractivity contribution in [2.45, 2.75) is 18.2 Å². The van der Waals surface area contributed by atoms with Gasteiger partial charge in [-0.2, -0.15) is 0 Å². The average Bonchev–Trinajstić information content (AvgIpc) is 2.96. The Hall–Kier alpha value is -1.37. The van der Waals surface area contributed by atoms with Crippen LogP contribution in [0.4, 0.5) is 5.82 Å².